The molecule has 0 N–H and O–H groups in total. The monoisotopic (exact) mass is 282 g/mol. The predicted molar refractivity (Wildman–Crippen MR) is 76.0 cm³/mol. The second-order valence-electron chi connectivity index (χ2n) is 5.45. The number of sulfone groups is 1. The SMILES string of the molecule is CCCS(=O)(=O)c1cccc(CC(C)C2OC2C)c1. The van der Waals surface area contributed by atoms with E-state index in [0.29, 0.717) is 29.4 Å². The van der Waals surface area contributed by atoms with Crippen molar-refractivity contribution in [1.82, 2.24) is 0 Å². The lowest BCUT2D eigenvalue weighted by atomic mass is 9.97. The smallest absolute Gasteiger partial charge is 0.178 e. The van der Waals surface area contributed by atoms with Crippen molar-refractivity contribution < 1.29 is 13.2 Å². The fraction of sp³-hybridized carbons (Fsp3) is 0.600. The van der Waals surface area contributed by atoms with Crippen LogP contribution in [0.5, 0.6) is 0 Å². The lowest BCUT2D eigenvalue weighted by Crippen LogP contribution is -2.10. The van der Waals surface area contributed by atoms with Gasteiger partial charge in [0.05, 0.1) is 22.9 Å². The van der Waals surface area contributed by atoms with E-state index in [1.54, 1.807) is 6.07 Å². The number of epoxide rings is 1. The average Bonchev–Trinajstić information content (AvgIpc) is 3.07. The number of ether oxygens (including phenoxy) is 1. The van der Waals surface area contributed by atoms with Crippen molar-refractivity contribution >= 4 is 9.84 Å². The van der Waals surface area contributed by atoms with E-state index in [1.165, 1.54) is 0 Å². The van der Waals surface area contributed by atoms with Crippen LogP contribution in [0.2, 0.25) is 0 Å². The van der Waals surface area contributed by atoms with E-state index in [9.17, 15) is 8.42 Å². The van der Waals surface area contributed by atoms with Crippen LogP contribution in [0.3, 0.4) is 0 Å². The molecule has 0 aromatic heterocycles. The molecule has 2 rings (SSSR count). The van der Waals surface area contributed by atoms with Gasteiger partial charge in [-0.05, 0) is 43.4 Å². The summed E-state index contributed by atoms with van der Waals surface area (Å²) in [5, 5.41) is 0. The largest absolute Gasteiger partial charge is 0.370 e. The zero-order valence-corrected chi connectivity index (χ0v) is 12.6. The van der Waals surface area contributed by atoms with Gasteiger partial charge in [-0.3, -0.25) is 0 Å². The Labute approximate surface area is 115 Å². The molecule has 1 heterocycles. The van der Waals surface area contributed by atoms with Crippen LogP contribution in [0.4, 0.5) is 0 Å². The van der Waals surface area contributed by atoms with Gasteiger partial charge in [0, 0.05) is 0 Å². The van der Waals surface area contributed by atoms with Gasteiger partial charge in [-0.15, -0.1) is 0 Å². The highest BCUT2D eigenvalue weighted by Gasteiger charge is 2.38. The van der Waals surface area contributed by atoms with E-state index >= 15 is 0 Å². The zero-order valence-electron chi connectivity index (χ0n) is 11.8. The molecule has 4 heteroatoms. The molecule has 0 aliphatic carbocycles. The zero-order chi connectivity index (χ0) is 14.0. The van der Waals surface area contributed by atoms with E-state index in [1.807, 2.05) is 25.1 Å². The van der Waals surface area contributed by atoms with Gasteiger partial charge in [-0.2, -0.15) is 0 Å². The van der Waals surface area contributed by atoms with E-state index in [4.69, 9.17) is 4.74 Å². The Hall–Kier alpha value is -0.870. The molecule has 19 heavy (non-hydrogen) atoms. The topological polar surface area (TPSA) is 46.7 Å². The van der Waals surface area contributed by atoms with Crippen LogP contribution in [0.1, 0.15) is 32.8 Å². The maximum absolute atomic E-state index is 12.0. The van der Waals surface area contributed by atoms with E-state index in [0.717, 1.165) is 12.0 Å². The number of benzene rings is 1. The van der Waals surface area contributed by atoms with Crippen LogP contribution in [0, 0.1) is 5.92 Å². The molecule has 0 spiro atoms. The lowest BCUT2D eigenvalue weighted by Gasteiger charge is -2.10. The van der Waals surface area contributed by atoms with Crippen molar-refractivity contribution in [3.8, 4) is 0 Å². The van der Waals surface area contributed by atoms with Crippen LogP contribution in [0.15, 0.2) is 29.2 Å². The summed E-state index contributed by atoms with van der Waals surface area (Å²) in [7, 11) is -3.12. The van der Waals surface area contributed by atoms with Crippen LogP contribution in [-0.4, -0.2) is 26.4 Å². The molecule has 0 bridgehead atoms. The molecule has 1 aliphatic rings. The Bertz CT molecular complexity index is 536. The van der Waals surface area contributed by atoms with E-state index < -0.39 is 9.84 Å². The lowest BCUT2D eigenvalue weighted by molar-refractivity contribution is 0.328. The maximum Gasteiger partial charge on any atom is 0.178 e. The number of hydrogen-bond acceptors (Lipinski definition) is 3. The van der Waals surface area contributed by atoms with Crippen molar-refractivity contribution in [2.75, 3.05) is 5.75 Å². The molecular formula is C15H22O3S. The summed E-state index contributed by atoms with van der Waals surface area (Å²) in [6.07, 6.45) is 2.19. The van der Waals surface area contributed by atoms with Crippen LogP contribution in [-0.2, 0) is 21.0 Å². The molecule has 1 saturated heterocycles. The second kappa shape index (κ2) is 5.63. The van der Waals surface area contributed by atoms with Crippen LogP contribution >= 0.6 is 0 Å². The van der Waals surface area contributed by atoms with Gasteiger partial charge >= 0.3 is 0 Å². The van der Waals surface area contributed by atoms with Gasteiger partial charge in [-0.1, -0.05) is 26.0 Å². The highest BCUT2D eigenvalue weighted by molar-refractivity contribution is 7.91. The Balaban J connectivity index is 2.11. The van der Waals surface area contributed by atoms with Gasteiger partial charge in [0.15, 0.2) is 9.84 Å². The molecule has 3 nitrogen and oxygen atoms in total. The molecule has 0 radical (unpaired) electrons. The maximum atomic E-state index is 12.0. The molecular weight excluding hydrogens is 260 g/mol. The van der Waals surface area contributed by atoms with E-state index in [2.05, 4.69) is 13.8 Å². The summed E-state index contributed by atoms with van der Waals surface area (Å²) in [6, 6.07) is 7.33. The number of hydrogen-bond donors (Lipinski definition) is 0. The van der Waals surface area contributed by atoms with Crippen molar-refractivity contribution in [2.24, 2.45) is 5.92 Å². The third kappa shape index (κ3) is 3.57. The summed E-state index contributed by atoms with van der Waals surface area (Å²) in [4.78, 5) is 0.448. The highest BCUT2D eigenvalue weighted by atomic mass is 32.2. The third-order valence-corrected chi connectivity index (χ3v) is 5.52. The molecule has 1 aromatic rings. The molecule has 0 amide bonds. The Morgan fingerprint density at radius 3 is 2.63 bits per heavy atom. The normalized spacial score (nSPS) is 24.2. The minimum Gasteiger partial charge on any atom is -0.370 e. The fourth-order valence-corrected chi connectivity index (χ4v) is 3.93. The van der Waals surface area contributed by atoms with Crippen molar-refractivity contribution in [1.29, 1.82) is 0 Å². The van der Waals surface area contributed by atoms with Crippen molar-refractivity contribution in [2.45, 2.75) is 50.7 Å². The van der Waals surface area contributed by atoms with Gasteiger partial charge in [0.1, 0.15) is 0 Å². The summed E-state index contributed by atoms with van der Waals surface area (Å²) >= 11 is 0. The average molecular weight is 282 g/mol. The minimum absolute atomic E-state index is 0.217. The first kappa shape index (κ1) is 14.5. The van der Waals surface area contributed by atoms with Gasteiger partial charge in [0.2, 0.25) is 0 Å². The summed E-state index contributed by atoms with van der Waals surface area (Å²) in [5.74, 6) is 0.647. The summed E-state index contributed by atoms with van der Waals surface area (Å²) < 4.78 is 29.6. The van der Waals surface area contributed by atoms with E-state index in [-0.39, 0.29) is 5.75 Å². The Kier molecular flexibility index (Phi) is 4.31. The predicted octanol–water partition coefficient (Wildman–Crippen LogP) is 2.84. The first-order chi connectivity index (χ1) is 8.94. The quantitative estimate of drug-likeness (QED) is 0.754. The fourth-order valence-electron chi connectivity index (χ4n) is 2.54. The van der Waals surface area contributed by atoms with Crippen LogP contribution < -0.4 is 0 Å². The first-order valence-corrected chi connectivity index (χ1v) is 8.56. The van der Waals surface area contributed by atoms with Crippen molar-refractivity contribution in [3.05, 3.63) is 29.8 Å². The van der Waals surface area contributed by atoms with Gasteiger partial charge < -0.3 is 4.74 Å². The standard InChI is InChI=1S/C15H22O3S/c1-4-8-19(16,17)14-7-5-6-13(10-14)9-11(2)15-12(3)18-15/h5-7,10-12,15H,4,8-9H2,1-3H3. The van der Waals surface area contributed by atoms with Crippen molar-refractivity contribution in [3.63, 3.8) is 0 Å². The van der Waals surface area contributed by atoms with Gasteiger partial charge in [0.25, 0.3) is 0 Å². The Morgan fingerprint density at radius 2 is 2.05 bits per heavy atom. The third-order valence-electron chi connectivity index (χ3n) is 3.61. The summed E-state index contributed by atoms with van der Waals surface area (Å²) in [6.45, 7) is 6.11. The van der Waals surface area contributed by atoms with Crippen LogP contribution in [0.25, 0.3) is 0 Å². The molecule has 1 fully saturated rings. The summed E-state index contributed by atoms with van der Waals surface area (Å²) in [5.41, 5.74) is 1.08. The molecule has 1 aliphatic heterocycles. The van der Waals surface area contributed by atoms with Gasteiger partial charge in [-0.25, -0.2) is 8.42 Å². The molecule has 106 valence electrons. The molecule has 3 unspecified atom stereocenters. The second-order valence-corrected chi connectivity index (χ2v) is 7.56. The Morgan fingerprint density at radius 1 is 1.37 bits per heavy atom. The molecule has 3 atom stereocenters. The highest BCUT2D eigenvalue weighted by Crippen LogP contribution is 2.31. The number of rotatable bonds is 6. The molecule has 1 aromatic carbocycles. The minimum atomic E-state index is -3.12. The molecule has 0 saturated carbocycles. The first-order valence-electron chi connectivity index (χ1n) is 6.91.